The number of amides is 1. The summed E-state index contributed by atoms with van der Waals surface area (Å²) in [5, 5.41) is 15.9. The first-order valence-electron chi connectivity index (χ1n) is 11.6. The Balaban J connectivity index is 2.20. The summed E-state index contributed by atoms with van der Waals surface area (Å²) in [7, 11) is 0. The smallest absolute Gasteiger partial charge is 0.242 e. The zero-order chi connectivity index (χ0) is 27.4. The van der Waals surface area contributed by atoms with Crippen LogP contribution < -0.4 is 16.4 Å². The van der Waals surface area contributed by atoms with E-state index in [1.165, 1.54) is 54.2 Å². The van der Waals surface area contributed by atoms with Gasteiger partial charge >= 0.3 is 0 Å². The van der Waals surface area contributed by atoms with Crippen molar-refractivity contribution in [1.82, 2.24) is 10.3 Å². The van der Waals surface area contributed by atoms with Gasteiger partial charge in [0, 0.05) is 46.0 Å². The van der Waals surface area contributed by atoms with E-state index in [2.05, 4.69) is 15.6 Å². The molecule has 3 rings (SSSR count). The van der Waals surface area contributed by atoms with Gasteiger partial charge < -0.3 is 21.5 Å². The van der Waals surface area contributed by atoms with Gasteiger partial charge in [0.2, 0.25) is 11.8 Å². The van der Waals surface area contributed by atoms with Crippen LogP contribution in [0.1, 0.15) is 32.8 Å². The highest BCUT2D eigenvalue weighted by Crippen LogP contribution is 2.47. The lowest BCUT2D eigenvalue weighted by atomic mass is 9.68. The van der Waals surface area contributed by atoms with Gasteiger partial charge in [-0.3, -0.25) is 4.79 Å². The van der Waals surface area contributed by atoms with Crippen molar-refractivity contribution >= 4 is 34.8 Å². The van der Waals surface area contributed by atoms with Gasteiger partial charge in [-0.05, 0) is 35.6 Å². The molecule has 1 fully saturated rings. The van der Waals surface area contributed by atoms with Crippen molar-refractivity contribution in [2.75, 3.05) is 5.32 Å². The molecule has 5 N–H and O–H groups in total. The van der Waals surface area contributed by atoms with Crippen LogP contribution in [0.2, 0.25) is 5.02 Å². The van der Waals surface area contributed by atoms with Crippen LogP contribution >= 0.6 is 23.2 Å². The molecule has 0 radical (unpaired) electrons. The van der Waals surface area contributed by atoms with E-state index < -0.39 is 35.3 Å². The first-order valence-corrected chi connectivity index (χ1v) is 12.4. The van der Waals surface area contributed by atoms with E-state index in [4.69, 9.17) is 28.9 Å². The molecule has 1 amide bonds. The van der Waals surface area contributed by atoms with Crippen LogP contribution in [-0.2, 0) is 10.3 Å². The second-order valence-electron chi connectivity index (χ2n) is 10.2. The van der Waals surface area contributed by atoms with E-state index >= 15 is 4.39 Å². The number of hydrogen-bond donors (Lipinski definition) is 4. The van der Waals surface area contributed by atoms with Crippen LogP contribution in [0, 0.1) is 17.2 Å². The van der Waals surface area contributed by atoms with Crippen molar-refractivity contribution in [1.29, 1.82) is 0 Å². The number of hydrogen-bond acceptors (Lipinski definition) is 5. The van der Waals surface area contributed by atoms with Gasteiger partial charge in [-0.25, -0.2) is 13.8 Å². The number of allylic oxidation sites excluding steroid dienone is 3. The molecular formula is C27H30Cl2F2N4O2. The van der Waals surface area contributed by atoms with Crippen molar-refractivity contribution in [2.24, 2.45) is 17.1 Å². The number of aromatic nitrogens is 1. The van der Waals surface area contributed by atoms with Crippen LogP contribution in [0.4, 0.5) is 14.5 Å². The molecule has 1 aromatic heterocycles. The molecule has 1 aromatic carbocycles. The van der Waals surface area contributed by atoms with E-state index in [0.717, 1.165) is 6.07 Å². The maximum absolute atomic E-state index is 15.4. The predicted molar refractivity (Wildman–Crippen MR) is 143 cm³/mol. The number of pyridine rings is 1. The highest BCUT2D eigenvalue weighted by molar-refractivity contribution is 6.30. The number of carbonyl (C=O) groups excluding carboxylic acids is 1. The zero-order valence-corrected chi connectivity index (χ0v) is 22.2. The number of nitrogens with two attached hydrogens (primary N) is 1. The van der Waals surface area contributed by atoms with Crippen molar-refractivity contribution in [3.63, 3.8) is 0 Å². The second kappa shape index (κ2) is 11.7. The molecule has 10 heteroatoms. The number of aromatic hydroxyl groups is 1. The summed E-state index contributed by atoms with van der Waals surface area (Å²) in [6.07, 6.45) is 6.56. The van der Waals surface area contributed by atoms with Gasteiger partial charge in [0.15, 0.2) is 0 Å². The molecule has 1 saturated heterocycles. The summed E-state index contributed by atoms with van der Waals surface area (Å²) in [6, 6.07) is 5.20. The topological polar surface area (TPSA) is 100 Å². The molecule has 4 atom stereocenters. The highest BCUT2D eigenvalue weighted by Gasteiger charge is 2.58. The third kappa shape index (κ3) is 6.57. The monoisotopic (exact) mass is 550 g/mol. The number of nitrogens with one attached hydrogen (secondary N) is 2. The molecule has 1 aliphatic rings. The maximum atomic E-state index is 15.4. The number of rotatable bonds is 7. The minimum atomic E-state index is -1.56. The minimum Gasteiger partial charge on any atom is -0.493 e. The maximum Gasteiger partial charge on any atom is 0.242 e. The molecule has 0 spiro atoms. The van der Waals surface area contributed by atoms with Crippen molar-refractivity contribution in [3.8, 4) is 5.88 Å². The van der Waals surface area contributed by atoms with Crippen molar-refractivity contribution in [2.45, 2.75) is 44.8 Å². The third-order valence-electron chi connectivity index (χ3n) is 6.27. The lowest BCUT2D eigenvalue weighted by Crippen LogP contribution is -2.53. The molecule has 0 aliphatic carbocycles. The Bertz CT molecular complexity index is 1230. The Labute approximate surface area is 225 Å². The molecule has 1 aliphatic heterocycles. The van der Waals surface area contributed by atoms with Gasteiger partial charge in [-0.1, -0.05) is 68.3 Å². The van der Waals surface area contributed by atoms with Crippen LogP contribution in [0.5, 0.6) is 5.88 Å². The average Bonchev–Trinajstić information content (AvgIpc) is 3.08. The molecule has 2 aromatic rings. The number of anilines is 1. The lowest BCUT2D eigenvalue weighted by molar-refractivity contribution is -0.118. The fourth-order valence-electron chi connectivity index (χ4n) is 4.81. The van der Waals surface area contributed by atoms with E-state index in [1.807, 2.05) is 20.8 Å². The Kier molecular flexibility index (Phi) is 9.13. The standard InChI is InChI=1S/C27H30Cl2F2N4O2/c1-26(2,3)14-21-27(32,19-8-7-17(29)12-20(19)31)23(16(15-30)6-4-5-10-28)24(35-21)25(37)34-18-9-11-33-22(36)13-18/h4-13,15,21,23-24,35H,14,32H2,1-3H3,(H2,33,34,36,37)/b6-4-,10-5+,16-15-/t21-,23-,24+,27+/m0/s1. The summed E-state index contributed by atoms with van der Waals surface area (Å²) in [5.74, 6) is -2.53. The Hall–Kier alpha value is -2.78. The fourth-order valence-corrected chi connectivity index (χ4v) is 5.05. The van der Waals surface area contributed by atoms with Crippen molar-refractivity contribution < 1.29 is 18.7 Å². The van der Waals surface area contributed by atoms with Gasteiger partial charge in [-0.2, -0.15) is 0 Å². The predicted octanol–water partition coefficient (Wildman–Crippen LogP) is 5.93. The zero-order valence-electron chi connectivity index (χ0n) is 20.7. The molecule has 6 nitrogen and oxygen atoms in total. The van der Waals surface area contributed by atoms with Gasteiger partial charge in [0.05, 0.1) is 17.9 Å². The quantitative estimate of drug-likeness (QED) is 0.320. The van der Waals surface area contributed by atoms with Crippen LogP contribution in [-0.4, -0.2) is 28.1 Å². The van der Waals surface area contributed by atoms with E-state index in [9.17, 15) is 14.3 Å². The van der Waals surface area contributed by atoms with E-state index in [0.29, 0.717) is 12.8 Å². The van der Waals surface area contributed by atoms with E-state index in [1.54, 1.807) is 0 Å². The molecular weight excluding hydrogens is 521 g/mol. The molecule has 198 valence electrons. The molecule has 2 heterocycles. The minimum absolute atomic E-state index is 0.0632. The Morgan fingerprint density at radius 3 is 2.62 bits per heavy atom. The van der Waals surface area contributed by atoms with Gasteiger partial charge in [0.25, 0.3) is 0 Å². The van der Waals surface area contributed by atoms with Crippen molar-refractivity contribution in [3.05, 3.63) is 88.6 Å². The number of benzene rings is 1. The summed E-state index contributed by atoms with van der Waals surface area (Å²) in [6.45, 7) is 5.98. The molecule has 0 bridgehead atoms. The first kappa shape index (κ1) is 28.8. The lowest BCUT2D eigenvalue weighted by Gasteiger charge is -2.40. The third-order valence-corrected chi connectivity index (χ3v) is 6.65. The van der Waals surface area contributed by atoms with Gasteiger partial charge in [-0.15, -0.1) is 0 Å². The summed E-state index contributed by atoms with van der Waals surface area (Å²) in [5.41, 5.74) is 6.94. The average molecular weight is 551 g/mol. The number of nitrogens with zero attached hydrogens (tertiary/aromatic N) is 1. The molecule has 0 unspecified atom stereocenters. The molecule has 0 saturated carbocycles. The van der Waals surface area contributed by atoms with Crippen LogP contribution in [0.3, 0.4) is 0 Å². The first-order chi connectivity index (χ1) is 17.4. The van der Waals surface area contributed by atoms with Crippen LogP contribution in [0.25, 0.3) is 0 Å². The Morgan fingerprint density at radius 1 is 1.30 bits per heavy atom. The number of halogens is 4. The van der Waals surface area contributed by atoms with Gasteiger partial charge in [0.1, 0.15) is 5.82 Å². The highest BCUT2D eigenvalue weighted by atomic mass is 35.5. The largest absolute Gasteiger partial charge is 0.493 e. The SMILES string of the molecule is CC(C)(C)C[C@@H]1N[C@@H](C(=O)Nc2ccnc(O)c2)[C@H](C(/C=C\C=C\Cl)=C\F)[C@@]1(N)c1ccc(Cl)cc1F. The summed E-state index contributed by atoms with van der Waals surface area (Å²) < 4.78 is 29.9. The summed E-state index contributed by atoms with van der Waals surface area (Å²) in [4.78, 5) is 17.3. The molecule has 37 heavy (non-hydrogen) atoms. The normalized spacial score (nSPS) is 24.8. The Morgan fingerprint density at radius 2 is 2.03 bits per heavy atom. The van der Waals surface area contributed by atoms with E-state index in [-0.39, 0.29) is 33.1 Å². The fraction of sp³-hybridized carbons (Fsp3) is 0.333. The summed E-state index contributed by atoms with van der Waals surface area (Å²) >= 11 is 11.6. The second-order valence-corrected chi connectivity index (χ2v) is 10.9. The number of carbonyl (C=O) groups is 1. The van der Waals surface area contributed by atoms with Crippen LogP contribution in [0.15, 0.2) is 72.2 Å².